The third kappa shape index (κ3) is 3.12. The zero-order valence-corrected chi connectivity index (χ0v) is 11.7. The van der Waals surface area contributed by atoms with E-state index in [-0.39, 0.29) is 6.61 Å². The number of carbonyl (C=O) groups is 1. The van der Waals surface area contributed by atoms with Crippen LogP contribution >= 0.6 is 0 Å². The molecule has 0 saturated carbocycles. The summed E-state index contributed by atoms with van der Waals surface area (Å²) in [5.74, 6) is -3.85. The predicted molar refractivity (Wildman–Crippen MR) is 73.1 cm³/mol. The Morgan fingerprint density at radius 3 is 2.50 bits per heavy atom. The van der Waals surface area contributed by atoms with Crippen LogP contribution in [0, 0.1) is 0 Å². The summed E-state index contributed by atoms with van der Waals surface area (Å²) in [6.07, 6.45) is -4.54. The SMILES string of the molecule is N[C@@H]1[C@@H](O)[C@@H](O)[C@@H](CO)OC1(O)C(=O)OCc1ccccc1. The molecule has 6 N–H and O–H groups in total. The summed E-state index contributed by atoms with van der Waals surface area (Å²) >= 11 is 0. The zero-order valence-electron chi connectivity index (χ0n) is 11.7. The summed E-state index contributed by atoms with van der Waals surface area (Å²) in [5.41, 5.74) is 6.25. The fourth-order valence-corrected chi connectivity index (χ4v) is 2.20. The van der Waals surface area contributed by atoms with Gasteiger partial charge in [0.1, 0.15) is 24.9 Å². The second kappa shape index (κ2) is 6.69. The minimum atomic E-state index is -2.65. The molecule has 0 aliphatic carbocycles. The number of benzene rings is 1. The van der Waals surface area contributed by atoms with E-state index in [9.17, 15) is 20.1 Å². The fourth-order valence-electron chi connectivity index (χ4n) is 2.20. The monoisotopic (exact) mass is 313 g/mol. The number of carbonyl (C=O) groups excluding carboxylic acids is 1. The number of nitrogens with two attached hydrogens (primary N) is 1. The Morgan fingerprint density at radius 1 is 1.27 bits per heavy atom. The minimum Gasteiger partial charge on any atom is -0.457 e. The van der Waals surface area contributed by atoms with Crippen molar-refractivity contribution in [1.82, 2.24) is 0 Å². The van der Waals surface area contributed by atoms with Crippen molar-refractivity contribution in [1.29, 1.82) is 0 Å². The Bertz CT molecular complexity index is 509. The van der Waals surface area contributed by atoms with Crippen molar-refractivity contribution in [3.63, 3.8) is 0 Å². The summed E-state index contributed by atoms with van der Waals surface area (Å²) in [6.45, 7) is -0.834. The van der Waals surface area contributed by atoms with Gasteiger partial charge in [0.05, 0.1) is 12.6 Å². The first kappa shape index (κ1) is 16.8. The van der Waals surface area contributed by atoms with E-state index >= 15 is 0 Å². The molecule has 0 spiro atoms. The summed E-state index contributed by atoms with van der Waals surface area (Å²) in [6, 6.07) is 7.12. The highest BCUT2D eigenvalue weighted by Gasteiger charge is 2.57. The molecule has 1 aliphatic rings. The lowest BCUT2D eigenvalue weighted by molar-refractivity contribution is -0.308. The van der Waals surface area contributed by atoms with Gasteiger partial charge in [0.25, 0.3) is 5.79 Å². The topological polar surface area (TPSA) is 142 Å². The second-order valence-corrected chi connectivity index (χ2v) is 5.10. The largest absolute Gasteiger partial charge is 0.457 e. The maximum absolute atomic E-state index is 12.1. The molecule has 22 heavy (non-hydrogen) atoms. The first-order chi connectivity index (χ1) is 10.4. The average Bonchev–Trinajstić information content (AvgIpc) is 2.55. The first-order valence-electron chi connectivity index (χ1n) is 6.74. The van der Waals surface area contributed by atoms with E-state index in [1.165, 1.54) is 0 Å². The highest BCUT2D eigenvalue weighted by molar-refractivity contribution is 5.79. The van der Waals surface area contributed by atoms with Crippen LogP contribution in [-0.4, -0.2) is 63.1 Å². The molecule has 8 heteroatoms. The van der Waals surface area contributed by atoms with Gasteiger partial charge in [-0.1, -0.05) is 30.3 Å². The van der Waals surface area contributed by atoms with Crippen LogP contribution in [0.4, 0.5) is 0 Å². The van der Waals surface area contributed by atoms with E-state index in [4.69, 9.17) is 20.3 Å². The highest BCUT2D eigenvalue weighted by atomic mass is 16.7. The second-order valence-electron chi connectivity index (χ2n) is 5.10. The Morgan fingerprint density at radius 2 is 1.91 bits per heavy atom. The van der Waals surface area contributed by atoms with Crippen LogP contribution in [0.25, 0.3) is 0 Å². The van der Waals surface area contributed by atoms with Gasteiger partial charge in [-0.05, 0) is 5.56 Å². The number of hydrogen-bond acceptors (Lipinski definition) is 8. The molecule has 1 fully saturated rings. The molecule has 8 nitrogen and oxygen atoms in total. The number of rotatable bonds is 4. The van der Waals surface area contributed by atoms with Crippen molar-refractivity contribution in [2.24, 2.45) is 5.73 Å². The van der Waals surface area contributed by atoms with Gasteiger partial charge < -0.3 is 35.6 Å². The Labute approximate surface area is 126 Å². The average molecular weight is 313 g/mol. The van der Waals surface area contributed by atoms with Crippen LogP contribution in [0.3, 0.4) is 0 Å². The molecule has 1 heterocycles. The van der Waals surface area contributed by atoms with Gasteiger partial charge in [-0.3, -0.25) is 0 Å². The normalized spacial score (nSPS) is 35.1. The summed E-state index contributed by atoms with van der Waals surface area (Å²) in [7, 11) is 0. The van der Waals surface area contributed by atoms with Crippen LogP contribution in [-0.2, 0) is 20.9 Å². The molecule has 0 bridgehead atoms. The van der Waals surface area contributed by atoms with Crippen molar-refractivity contribution in [3.05, 3.63) is 35.9 Å². The lowest BCUT2D eigenvalue weighted by Gasteiger charge is -2.44. The first-order valence-corrected chi connectivity index (χ1v) is 6.74. The predicted octanol–water partition coefficient (Wildman–Crippen LogP) is -2.14. The van der Waals surface area contributed by atoms with E-state index in [1.54, 1.807) is 30.3 Å². The van der Waals surface area contributed by atoms with E-state index in [0.29, 0.717) is 5.56 Å². The Balaban J connectivity index is 2.09. The van der Waals surface area contributed by atoms with Crippen molar-refractivity contribution in [2.75, 3.05) is 6.61 Å². The lowest BCUT2D eigenvalue weighted by Crippen LogP contribution is -2.71. The smallest absolute Gasteiger partial charge is 0.368 e. The fraction of sp³-hybridized carbons (Fsp3) is 0.500. The van der Waals surface area contributed by atoms with Crippen molar-refractivity contribution < 1.29 is 34.7 Å². The molecular formula is C14H19NO7. The van der Waals surface area contributed by atoms with Gasteiger partial charge in [0.15, 0.2) is 0 Å². The minimum absolute atomic E-state index is 0.125. The molecule has 1 saturated heterocycles. The van der Waals surface area contributed by atoms with Gasteiger partial charge >= 0.3 is 5.97 Å². The quantitative estimate of drug-likeness (QED) is 0.396. The van der Waals surface area contributed by atoms with Crippen molar-refractivity contribution >= 4 is 5.97 Å². The van der Waals surface area contributed by atoms with Crippen molar-refractivity contribution in [2.45, 2.75) is 36.7 Å². The molecule has 0 amide bonds. The van der Waals surface area contributed by atoms with Crippen LogP contribution in [0.1, 0.15) is 5.56 Å². The summed E-state index contributed by atoms with van der Waals surface area (Å²) < 4.78 is 9.91. The highest BCUT2D eigenvalue weighted by Crippen LogP contribution is 2.28. The maximum atomic E-state index is 12.1. The number of ether oxygens (including phenoxy) is 2. The molecule has 0 aromatic heterocycles. The molecule has 1 unspecified atom stereocenters. The molecule has 5 atom stereocenters. The molecule has 0 radical (unpaired) electrons. The van der Waals surface area contributed by atoms with E-state index in [0.717, 1.165) is 0 Å². The Hall–Kier alpha value is -1.55. The van der Waals surface area contributed by atoms with Gasteiger partial charge in [-0.25, -0.2) is 4.79 Å². The number of aliphatic hydroxyl groups excluding tert-OH is 3. The Kier molecular flexibility index (Phi) is 5.12. The van der Waals surface area contributed by atoms with Crippen LogP contribution < -0.4 is 5.73 Å². The molecule has 122 valence electrons. The molecule has 2 rings (SSSR count). The van der Waals surface area contributed by atoms with E-state index in [1.807, 2.05) is 0 Å². The van der Waals surface area contributed by atoms with Gasteiger partial charge in [0, 0.05) is 0 Å². The molecule has 1 aliphatic heterocycles. The molecular weight excluding hydrogens is 294 g/mol. The standard InChI is InChI=1S/C14H19NO7/c15-12-11(18)10(17)9(6-16)22-14(12,20)13(19)21-7-8-4-2-1-3-5-8/h1-5,9-12,16-18,20H,6-7,15H2/t9-,10+,11+,12-,14?/m1/s1. The zero-order chi connectivity index (χ0) is 16.3. The van der Waals surface area contributed by atoms with Crippen molar-refractivity contribution in [3.8, 4) is 0 Å². The number of aliphatic hydroxyl groups is 4. The lowest BCUT2D eigenvalue weighted by atomic mass is 9.91. The van der Waals surface area contributed by atoms with Gasteiger partial charge in [-0.15, -0.1) is 0 Å². The number of hydrogen-bond donors (Lipinski definition) is 5. The number of esters is 1. The summed E-state index contributed by atoms with van der Waals surface area (Å²) in [4.78, 5) is 12.1. The van der Waals surface area contributed by atoms with Crippen LogP contribution in [0.15, 0.2) is 30.3 Å². The third-order valence-corrected chi connectivity index (χ3v) is 3.57. The van der Waals surface area contributed by atoms with E-state index < -0.39 is 42.7 Å². The van der Waals surface area contributed by atoms with Gasteiger partial charge in [-0.2, -0.15) is 0 Å². The summed E-state index contributed by atoms with van der Waals surface area (Å²) in [5, 5.41) is 38.8. The van der Waals surface area contributed by atoms with Crippen LogP contribution in [0.2, 0.25) is 0 Å². The maximum Gasteiger partial charge on any atom is 0.368 e. The van der Waals surface area contributed by atoms with Crippen LogP contribution in [0.5, 0.6) is 0 Å². The molecule has 1 aromatic rings. The third-order valence-electron chi connectivity index (χ3n) is 3.57. The van der Waals surface area contributed by atoms with E-state index in [2.05, 4.69) is 0 Å². The molecule has 1 aromatic carbocycles. The van der Waals surface area contributed by atoms with Gasteiger partial charge in [0.2, 0.25) is 0 Å².